The maximum atomic E-state index is 13.1. The zero-order chi connectivity index (χ0) is 19.7. The molecular formula is C22H17F3N2O. The van der Waals surface area contributed by atoms with Crippen LogP contribution in [0.2, 0.25) is 0 Å². The van der Waals surface area contributed by atoms with Crippen LogP contribution in [-0.4, -0.2) is 22.3 Å². The first-order valence-electron chi connectivity index (χ1n) is 8.91. The monoisotopic (exact) mass is 382 g/mol. The lowest BCUT2D eigenvalue weighted by Crippen LogP contribution is -2.40. The Kier molecular flexibility index (Phi) is 4.63. The third-order valence-corrected chi connectivity index (χ3v) is 5.01. The van der Waals surface area contributed by atoms with Crippen LogP contribution in [0.3, 0.4) is 0 Å². The Bertz CT molecular complexity index is 985. The summed E-state index contributed by atoms with van der Waals surface area (Å²) in [5, 5.41) is 0. The number of alkyl halides is 3. The largest absolute Gasteiger partial charge is 0.416 e. The van der Waals surface area contributed by atoms with E-state index < -0.39 is 17.8 Å². The van der Waals surface area contributed by atoms with Crippen molar-refractivity contribution in [3.05, 3.63) is 101 Å². The zero-order valence-corrected chi connectivity index (χ0v) is 14.9. The van der Waals surface area contributed by atoms with Crippen molar-refractivity contribution in [3.8, 4) is 0 Å². The molecule has 0 saturated heterocycles. The number of fused-ring (bicyclic) bond motifs is 1. The number of rotatable bonds is 2. The second kappa shape index (κ2) is 7.11. The molecule has 0 unspecified atom stereocenters. The molecule has 0 N–H and O–H groups in total. The number of carbonyl (C=O) groups excluding carboxylic acids is 1. The van der Waals surface area contributed by atoms with E-state index in [4.69, 9.17) is 0 Å². The normalized spacial score (nSPS) is 16.5. The van der Waals surface area contributed by atoms with Crippen LogP contribution in [0.4, 0.5) is 13.2 Å². The van der Waals surface area contributed by atoms with Gasteiger partial charge in [-0.3, -0.25) is 9.78 Å². The summed E-state index contributed by atoms with van der Waals surface area (Å²) in [6, 6.07) is 15.7. The first-order chi connectivity index (χ1) is 13.4. The lowest BCUT2D eigenvalue weighted by atomic mass is 9.87. The number of halogens is 3. The van der Waals surface area contributed by atoms with Gasteiger partial charge in [-0.2, -0.15) is 13.2 Å². The van der Waals surface area contributed by atoms with E-state index in [1.807, 2.05) is 24.3 Å². The summed E-state index contributed by atoms with van der Waals surface area (Å²) in [6.07, 6.45) is -0.601. The van der Waals surface area contributed by atoms with Gasteiger partial charge in [0.25, 0.3) is 5.91 Å². The van der Waals surface area contributed by atoms with Crippen LogP contribution >= 0.6 is 0 Å². The molecule has 3 aromatic rings. The fourth-order valence-electron chi connectivity index (χ4n) is 3.65. The Morgan fingerprint density at radius 3 is 2.43 bits per heavy atom. The molecule has 1 aliphatic heterocycles. The molecule has 1 aliphatic rings. The number of benzene rings is 2. The molecule has 142 valence electrons. The summed E-state index contributed by atoms with van der Waals surface area (Å²) in [5.41, 5.74) is 2.44. The van der Waals surface area contributed by atoms with E-state index in [9.17, 15) is 18.0 Å². The zero-order valence-electron chi connectivity index (χ0n) is 14.9. The number of pyridine rings is 1. The number of hydrogen-bond acceptors (Lipinski definition) is 2. The molecule has 2 aromatic carbocycles. The van der Waals surface area contributed by atoms with Crippen LogP contribution in [-0.2, 0) is 12.6 Å². The first-order valence-corrected chi connectivity index (χ1v) is 8.91. The van der Waals surface area contributed by atoms with Crippen molar-refractivity contribution in [3.63, 3.8) is 0 Å². The molecule has 1 aromatic heterocycles. The van der Waals surface area contributed by atoms with Gasteiger partial charge in [0.05, 0.1) is 17.2 Å². The van der Waals surface area contributed by atoms with E-state index in [1.165, 1.54) is 18.3 Å². The molecule has 0 bridgehead atoms. The number of nitrogens with zero attached hydrogens (tertiary/aromatic N) is 2. The smallest absolute Gasteiger partial charge is 0.327 e. The minimum atomic E-state index is -4.39. The fourth-order valence-corrected chi connectivity index (χ4v) is 3.65. The van der Waals surface area contributed by atoms with Crippen molar-refractivity contribution in [2.75, 3.05) is 6.54 Å². The maximum absolute atomic E-state index is 13.1. The average Bonchev–Trinajstić information content (AvgIpc) is 2.72. The average molecular weight is 382 g/mol. The van der Waals surface area contributed by atoms with Crippen LogP contribution in [0, 0.1) is 0 Å². The van der Waals surface area contributed by atoms with E-state index in [0.717, 1.165) is 23.3 Å². The van der Waals surface area contributed by atoms with Crippen molar-refractivity contribution in [2.24, 2.45) is 0 Å². The molecule has 6 heteroatoms. The summed E-state index contributed by atoms with van der Waals surface area (Å²) in [6.45, 7) is 0.483. The van der Waals surface area contributed by atoms with Crippen molar-refractivity contribution >= 4 is 5.91 Å². The lowest BCUT2D eigenvalue weighted by molar-refractivity contribution is -0.137. The molecule has 2 heterocycles. The van der Waals surface area contributed by atoms with Gasteiger partial charge in [0.2, 0.25) is 0 Å². The van der Waals surface area contributed by atoms with Gasteiger partial charge in [0.15, 0.2) is 0 Å². The van der Waals surface area contributed by atoms with Crippen molar-refractivity contribution in [2.45, 2.75) is 18.6 Å². The summed E-state index contributed by atoms with van der Waals surface area (Å²) in [5.74, 6) is -0.187. The summed E-state index contributed by atoms with van der Waals surface area (Å²) in [7, 11) is 0. The van der Waals surface area contributed by atoms with Crippen LogP contribution in [0.15, 0.2) is 73.1 Å². The van der Waals surface area contributed by atoms with E-state index in [-0.39, 0.29) is 5.91 Å². The highest BCUT2D eigenvalue weighted by atomic mass is 19.4. The molecular weight excluding hydrogens is 365 g/mol. The quantitative estimate of drug-likeness (QED) is 0.632. The Morgan fingerprint density at radius 2 is 1.75 bits per heavy atom. The topological polar surface area (TPSA) is 33.2 Å². The van der Waals surface area contributed by atoms with E-state index >= 15 is 0 Å². The van der Waals surface area contributed by atoms with Gasteiger partial charge >= 0.3 is 6.18 Å². The molecule has 0 spiro atoms. The van der Waals surface area contributed by atoms with Crippen LogP contribution < -0.4 is 0 Å². The van der Waals surface area contributed by atoms with Crippen molar-refractivity contribution in [1.82, 2.24) is 9.88 Å². The van der Waals surface area contributed by atoms with E-state index in [1.54, 1.807) is 23.2 Å². The van der Waals surface area contributed by atoms with Gasteiger partial charge in [-0.1, -0.05) is 36.4 Å². The molecule has 0 saturated carbocycles. The second-order valence-electron chi connectivity index (χ2n) is 6.71. The molecule has 0 radical (unpaired) electrons. The number of aromatic nitrogens is 1. The maximum Gasteiger partial charge on any atom is 0.416 e. The van der Waals surface area contributed by atoms with Crippen LogP contribution in [0.5, 0.6) is 0 Å². The predicted octanol–water partition coefficient (Wildman–Crippen LogP) is 4.89. The van der Waals surface area contributed by atoms with Crippen molar-refractivity contribution < 1.29 is 18.0 Å². The summed E-state index contributed by atoms with van der Waals surface area (Å²) >= 11 is 0. The van der Waals surface area contributed by atoms with Crippen LogP contribution in [0.25, 0.3) is 0 Å². The Hall–Kier alpha value is -3.15. The molecule has 0 fully saturated rings. The number of carbonyl (C=O) groups is 1. The standard InChI is InChI=1S/C22H17F3N2O/c23-22(24,25)18-9-7-16(8-10-18)20-19-6-2-1-4-15(19)11-13-27(20)21(28)17-5-3-12-26-14-17/h1-10,12,14,20H,11,13H2/t20-/m1/s1. The minimum Gasteiger partial charge on any atom is -0.327 e. The molecule has 3 nitrogen and oxygen atoms in total. The minimum absolute atomic E-state index is 0.187. The first kappa shape index (κ1) is 18.2. The Morgan fingerprint density at radius 1 is 1.00 bits per heavy atom. The highest BCUT2D eigenvalue weighted by Gasteiger charge is 2.34. The highest BCUT2D eigenvalue weighted by Crippen LogP contribution is 2.37. The highest BCUT2D eigenvalue weighted by molar-refractivity contribution is 5.94. The van der Waals surface area contributed by atoms with Gasteiger partial charge < -0.3 is 4.90 Å². The second-order valence-corrected chi connectivity index (χ2v) is 6.71. The van der Waals surface area contributed by atoms with Crippen molar-refractivity contribution in [1.29, 1.82) is 0 Å². The van der Waals surface area contributed by atoms with E-state index in [0.29, 0.717) is 24.1 Å². The number of amides is 1. The van der Waals surface area contributed by atoms with E-state index in [2.05, 4.69) is 4.98 Å². The van der Waals surface area contributed by atoms with Gasteiger partial charge in [-0.05, 0) is 47.4 Å². The lowest BCUT2D eigenvalue weighted by Gasteiger charge is -2.38. The third kappa shape index (κ3) is 3.38. The molecule has 1 atom stereocenters. The predicted molar refractivity (Wildman–Crippen MR) is 98.7 cm³/mol. The number of hydrogen-bond donors (Lipinski definition) is 0. The summed E-state index contributed by atoms with van der Waals surface area (Å²) in [4.78, 5) is 18.8. The van der Waals surface area contributed by atoms with Gasteiger partial charge in [0.1, 0.15) is 0 Å². The third-order valence-electron chi connectivity index (χ3n) is 5.01. The summed E-state index contributed by atoms with van der Waals surface area (Å²) < 4.78 is 38.9. The van der Waals surface area contributed by atoms with Gasteiger partial charge in [-0.15, -0.1) is 0 Å². The molecule has 1 amide bonds. The molecule has 0 aliphatic carbocycles. The molecule has 28 heavy (non-hydrogen) atoms. The Labute approximate surface area is 160 Å². The SMILES string of the molecule is O=C(c1cccnc1)N1CCc2ccccc2[C@H]1c1ccc(C(F)(F)F)cc1. The van der Waals surface area contributed by atoms with Gasteiger partial charge in [0, 0.05) is 18.9 Å². The Balaban J connectivity index is 1.78. The van der Waals surface area contributed by atoms with Gasteiger partial charge in [-0.25, -0.2) is 0 Å². The molecule has 4 rings (SSSR count). The fraction of sp³-hybridized carbons (Fsp3) is 0.182. The van der Waals surface area contributed by atoms with Crippen LogP contribution in [0.1, 0.15) is 38.7 Å².